The van der Waals surface area contributed by atoms with E-state index in [1.54, 1.807) is 25.3 Å². The fourth-order valence-corrected chi connectivity index (χ4v) is 2.50. The molecule has 0 radical (unpaired) electrons. The summed E-state index contributed by atoms with van der Waals surface area (Å²) < 4.78 is 11.8. The van der Waals surface area contributed by atoms with E-state index >= 15 is 0 Å². The highest BCUT2D eigenvalue weighted by Gasteiger charge is 2.10. The maximum absolute atomic E-state index is 11.6. The van der Waals surface area contributed by atoms with Crippen molar-refractivity contribution in [3.05, 3.63) is 52.0 Å². The molecule has 0 amide bonds. The molecule has 0 atom stereocenters. The van der Waals surface area contributed by atoms with Crippen molar-refractivity contribution >= 4 is 27.4 Å². The smallest absolute Gasteiger partial charge is 0.163 e. The molecule has 0 aliphatic rings. The van der Waals surface area contributed by atoms with E-state index in [-0.39, 0.29) is 5.78 Å². The Bertz CT molecular complexity index is 671. The van der Waals surface area contributed by atoms with Crippen molar-refractivity contribution in [2.24, 2.45) is 0 Å². The van der Waals surface area contributed by atoms with Gasteiger partial charge in [0.2, 0.25) is 0 Å². The highest BCUT2D eigenvalue weighted by atomic mass is 79.9. The van der Waals surface area contributed by atoms with Gasteiger partial charge < -0.3 is 15.2 Å². The number of halogens is 1. The second-order valence-electron chi connectivity index (χ2n) is 4.57. The Labute approximate surface area is 132 Å². The summed E-state index contributed by atoms with van der Waals surface area (Å²) in [7, 11) is 1.61. The molecule has 0 bridgehead atoms. The van der Waals surface area contributed by atoms with Crippen molar-refractivity contribution in [2.75, 3.05) is 12.8 Å². The first-order valence-corrected chi connectivity index (χ1v) is 7.16. The van der Waals surface area contributed by atoms with Crippen LogP contribution in [0.2, 0.25) is 0 Å². The van der Waals surface area contributed by atoms with Gasteiger partial charge in [0.15, 0.2) is 5.78 Å². The zero-order valence-corrected chi connectivity index (χ0v) is 13.4. The Hall–Kier alpha value is -2.01. The lowest BCUT2D eigenvalue weighted by Gasteiger charge is -2.11. The van der Waals surface area contributed by atoms with Crippen molar-refractivity contribution in [3.8, 4) is 11.5 Å². The minimum Gasteiger partial charge on any atom is -0.496 e. The summed E-state index contributed by atoms with van der Waals surface area (Å²) >= 11 is 3.43. The number of ketones is 1. The molecule has 0 spiro atoms. The van der Waals surface area contributed by atoms with Gasteiger partial charge in [0.05, 0.1) is 17.1 Å². The minimum atomic E-state index is -0.0757. The Morgan fingerprint density at radius 1 is 1.19 bits per heavy atom. The molecule has 2 rings (SSSR count). The molecule has 21 heavy (non-hydrogen) atoms. The molecule has 0 heterocycles. The monoisotopic (exact) mass is 349 g/mol. The number of nitrogens with two attached hydrogens (primary N) is 1. The van der Waals surface area contributed by atoms with Crippen LogP contribution in [0, 0.1) is 0 Å². The van der Waals surface area contributed by atoms with Gasteiger partial charge in [-0.1, -0.05) is 6.07 Å². The Morgan fingerprint density at radius 2 is 1.90 bits per heavy atom. The van der Waals surface area contributed by atoms with Crippen LogP contribution in [-0.2, 0) is 6.61 Å². The van der Waals surface area contributed by atoms with Crippen LogP contribution in [-0.4, -0.2) is 12.9 Å². The average molecular weight is 350 g/mol. The van der Waals surface area contributed by atoms with Gasteiger partial charge in [-0.05, 0) is 58.7 Å². The average Bonchev–Trinajstić information content (AvgIpc) is 2.46. The van der Waals surface area contributed by atoms with Gasteiger partial charge in [-0.15, -0.1) is 0 Å². The summed E-state index contributed by atoms with van der Waals surface area (Å²) in [6, 6.07) is 10.7. The summed E-state index contributed by atoms with van der Waals surface area (Å²) in [4.78, 5) is 11.6. The molecule has 0 aromatic heterocycles. The van der Waals surface area contributed by atoms with E-state index < -0.39 is 0 Å². The molecule has 0 fully saturated rings. The van der Waals surface area contributed by atoms with Crippen molar-refractivity contribution in [1.29, 1.82) is 0 Å². The third kappa shape index (κ3) is 3.76. The molecule has 5 heteroatoms. The van der Waals surface area contributed by atoms with Gasteiger partial charge in [0, 0.05) is 5.69 Å². The predicted molar refractivity (Wildman–Crippen MR) is 85.9 cm³/mol. The van der Waals surface area contributed by atoms with Crippen molar-refractivity contribution in [2.45, 2.75) is 13.5 Å². The van der Waals surface area contributed by atoms with E-state index in [1.807, 2.05) is 18.2 Å². The second-order valence-corrected chi connectivity index (χ2v) is 5.42. The number of ether oxygens (including phenoxy) is 2. The van der Waals surface area contributed by atoms with E-state index in [2.05, 4.69) is 15.9 Å². The van der Waals surface area contributed by atoms with Crippen molar-refractivity contribution in [1.82, 2.24) is 0 Å². The lowest BCUT2D eigenvalue weighted by Crippen LogP contribution is -2.03. The van der Waals surface area contributed by atoms with Gasteiger partial charge in [0.25, 0.3) is 0 Å². The largest absolute Gasteiger partial charge is 0.496 e. The summed E-state index contributed by atoms with van der Waals surface area (Å²) in [5.74, 6) is 1.22. The number of methoxy groups -OCH3 is 1. The number of Topliss-reactive ketones (excluding diaryl/α,β-unsaturated/α-hetero) is 1. The number of carbonyl (C=O) groups is 1. The number of nitrogen functional groups attached to an aromatic ring is 1. The highest BCUT2D eigenvalue weighted by Crippen LogP contribution is 2.27. The lowest BCUT2D eigenvalue weighted by molar-refractivity contribution is 0.101. The van der Waals surface area contributed by atoms with Crippen LogP contribution in [0.15, 0.2) is 40.9 Å². The Balaban J connectivity index is 2.16. The van der Waals surface area contributed by atoms with Crippen LogP contribution in [0.3, 0.4) is 0 Å². The molecule has 110 valence electrons. The first-order valence-electron chi connectivity index (χ1n) is 6.37. The third-order valence-electron chi connectivity index (χ3n) is 2.99. The standard InChI is InChI=1S/C16H16BrNO3/c1-10(19)13-8-12(18)4-6-15(13)21-9-11-3-5-16(20-2)14(17)7-11/h3-8H,9,18H2,1-2H3. The van der Waals surface area contributed by atoms with Crippen LogP contribution in [0.4, 0.5) is 5.69 Å². The number of benzene rings is 2. The van der Waals surface area contributed by atoms with E-state index in [0.717, 1.165) is 15.8 Å². The molecule has 0 saturated heterocycles. The second kappa shape index (κ2) is 6.63. The van der Waals surface area contributed by atoms with Gasteiger partial charge >= 0.3 is 0 Å². The Morgan fingerprint density at radius 3 is 2.52 bits per heavy atom. The lowest BCUT2D eigenvalue weighted by atomic mass is 10.1. The molecule has 2 aromatic carbocycles. The molecule has 4 nitrogen and oxygen atoms in total. The molecule has 0 aliphatic heterocycles. The summed E-state index contributed by atoms with van der Waals surface area (Å²) in [6.45, 7) is 1.85. The maximum atomic E-state index is 11.6. The van der Waals surface area contributed by atoms with Crippen molar-refractivity contribution < 1.29 is 14.3 Å². The van der Waals surface area contributed by atoms with Crippen LogP contribution in [0.25, 0.3) is 0 Å². The number of carbonyl (C=O) groups excluding carboxylic acids is 1. The molecule has 0 saturated carbocycles. The van der Waals surface area contributed by atoms with E-state index in [9.17, 15) is 4.79 Å². The first kappa shape index (κ1) is 15.4. The number of hydrogen-bond acceptors (Lipinski definition) is 4. The zero-order valence-electron chi connectivity index (χ0n) is 11.9. The van der Waals surface area contributed by atoms with Gasteiger partial charge in [0.1, 0.15) is 18.1 Å². The van der Waals surface area contributed by atoms with E-state index in [0.29, 0.717) is 23.6 Å². The quantitative estimate of drug-likeness (QED) is 0.658. The summed E-state index contributed by atoms with van der Waals surface area (Å²) in [6.07, 6.45) is 0. The molecule has 0 unspecified atom stereocenters. The van der Waals surface area contributed by atoms with Crippen LogP contribution < -0.4 is 15.2 Å². The molecule has 2 N–H and O–H groups in total. The maximum Gasteiger partial charge on any atom is 0.163 e. The van der Waals surface area contributed by atoms with Gasteiger partial charge in [-0.2, -0.15) is 0 Å². The molecule has 0 aliphatic carbocycles. The summed E-state index contributed by atoms with van der Waals surface area (Å²) in [5, 5.41) is 0. The van der Waals surface area contributed by atoms with Gasteiger partial charge in [-0.25, -0.2) is 0 Å². The third-order valence-corrected chi connectivity index (χ3v) is 3.61. The van der Waals surface area contributed by atoms with Crippen molar-refractivity contribution in [3.63, 3.8) is 0 Å². The fourth-order valence-electron chi connectivity index (χ4n) is 1.91. The van der Waals surface area contributed by atoms with E-state index in [4.69, 9.17) is 15.2 Å². The predicted octanol–water partition coefficient (Wildman–Crippen LogP) is 3.82. The SMILES string of the molecule is COc1ccc(COc2ccc(N)cc2C(C)=O)cc1Br. The number of hydrogen-bond donors (Lipinski definition) is 1. The molecular weight excluding hydrogens is 334 g/mol. The van der Waals surface area contributed by atoms with Crippen LogP contribution in [0.1, 0.15) is 22.8 Å². The van der Waals surface area contributed by atoms with E-state index in [1.165, 1.54) is 6.92 Å². The minimum absolute atomic E-state index is 0.0757. The number of rotatable bonds is 5. The van der Waals surface area contributed by atoms with Crippen LogP contribution >= 0.6 is 15.9 Å². The summed E-state index contributed by atoms with van der Waals surface area (Å²) in [5.41, 5.74) is 7.69. The van der Waals surface area contributed by atoms with Crippen LogP contribution in [0.5, 0.6) is 11.5 Å². The zero-order chi connectivity index (χ0) is 15.4. The highest BCUT2D eigenvalue weighted by molar-refractivity contribution is 9.10. The molecule has 2 aromatic rings. The Kier molecular flexibility index (Phi) is 4.85. The fraction of sp³-hybridized carbons (Fsp3) is 0.188. The topological polar surface area (TPSA) is 61.6 Å². The molecular formula is C16H16BrNO3. The number of anilines is 1. The normalized spacial score (nSPS) is 10.2. The first-order chi connectivity index (χ1) is 10.0. The van der Waals surface area contributed by atoms with Gasteiger partial charge in [-0.3, -0.25) is 4.79 Å².